The van der Waals surface area contributed by atoms with Crippen molar-refractivity contribution in [3.8, 4) is 0 Å². The first kappa shape index (κ1) is 9.97. The molecule has 78 valence electrons. The van der Waals surface area contributed by atoms with Gasteiger partial charge in [0.25, 0.3) is 0 Å². The third-order valence-electron chi connectivity index (χ3n) is 2.99. The van der Waals surface area contributed by atoms with Gasteiger partial charge in [-0.1, -0.05) is 25.1 Å². The monoisotopic (exact) mass is 201 g/mol. The predicted molar refractivity (Wildman–Crippen MR) is 59.9 cm³/mol. The summed E-state index contributed by atoms with van der Waals surface area (Å²) >= 11 is 0. The van der Waals surface area contributed by atoms with Crippen LogP contribution in [-0.4, -0.2) is 4.98 Å². The van der Waals surface area contributed by atoms with Crippen molar-refractivity contribution in [1.82, 2.24) is 4.98 Å². The second kappa shape index (κ2) is 3.89. The third kappa shape index (κ3) is 1.80. The Morgan fingerprint density at radius 3 is 2.73 bits per heavy atom. The minimum Gasteiger partial charge on any atom is -0.448 e. The van der Waals surface area contributed by atoms with E-state index in [1.807, 2.05) is 0 Å². The van der Waals surface area contributed by atoms with Gasteiger partial charge in [-0.25, -0.2) is 4.98 Å². The minimum absolute atomic E-state index is 0.271. The highest BCUT2D eigenvalue weighted by molar-refractivity contribution is 5.38. The molecule has 2 aromatic rings. The molecule has 2 heteroatoms. The van der Waals surface area contributed by atoms with Crippen LogP contribution in [0.3, 0.4) is 0 Å². The zero-order chi connectivity index (χ0) is 10.8. The average molecular weight is 201 g/mol. The van der Waals surface area contributed by atoms with Crippen LogP contribution in [0.15, 0.2) is 35.2 Å². The van der Waals surface area contributed by atoms with Crippen LogP contribution in [0.25, 0.3) is 0 Å². The van der Waals surface area contributed by atoms with Crippen molar-refractivity contribution in [1.29, 1.82) is 0 Å². The summed E-state index contributed by atoms with van der Waals surface area (Å²) < 4.78 is 5.33. The number of nitrogens with zero attached hydrogens (tertiary/aromatic N) is 1. The predicted octanol–water partition coefficient (Wildman–Crippen LogP) is 3.44. The molecule has 0 amide bonds. The molecule has 0 spiro atoms. The fourth-order valence-electron chi connectivity index (χ4n) is 1.84. The molecule has 2 nitrogen and oxygen atoms in total. The molecule has 1 aromatic carbocycles. The second-order valence-corrected chi connectivity index (χ2v) is 3.91. The molecule has 1 heterocycles. The van der Waals surface area contributed by atoms with Gasteiger partial charge in [0.1, 0.15) is 5.76 Å². The second-order valence-electron chi connectivity index (χ2n) is 3.91. The molecule has 0 bridgehead atoms. The molecular formula is C13H15NO. The maximum atomic E-state index is 5.33. The van der Waals surface area contributed by atoms with E-state index in [0.717, 1.165) is 5.76 Å². The zero-order valence-corrected chi connectivity index (χ0v) is 9.32. The van der Waals surface area contributed by atoms with Crippen molar-refractivity contribution in [2.45, 2.75) is 26.7 Å². The Bertz CT molecular complexity index is 446. The van der Waals surface area contributed by atoms with E-state index >= 15 is 0 Å². The summed E-state index contributed by atoms with van der Waals surface area (Å²) in [5.74, 6) is 1.19. The number of aryl methyl sites for hydroxylation is 1. The summed E-state index contributed by atoms with van der Waals surface area (Å²) in [5, 5.41) is 0. The maximum absolute atomic E-state index is 5.33. The van der Waals surface area contributed by atoms with Crippen molar-refractivity contribution in [2.24, 2.45) is 0 Å². The van der Waals surface area contributed by atoms with E-state index in [-0.39, 0.29) is 5.92 Å². The Balaban J connectivity index is 2.42. The highest BCUT2D eigenvalue weighted by atomic mass is 16.3. The lowest BCUT2D eigenvalue weighted by Crippen LogP contribution is -1.98. The molecule has 1 atom stereocenters. The van der Waals surface area contributed by atoms with E-state index in [4.69, 9.17) is 4.42 Å². The number of hydrogen-bond donors (Lipinski definition) is 0. The summed E-state index contributed by atoms with van der Waals surface area (Å²) in [5.41, 5.74) is 3.96. The van der Waals surface area contributed by atoms with E-state index in [1.54, 1.807) is 6.20 Å². The molecule has 2 rings (SSSR count). The van der Waals surface area contributed by atoms with Crippen LogP contribution in [0.1, 0.15) is 35.3 Å². The summed E-state index contributed by atoms with van der Waals surface area (Å²) in [6.07, 6.45) is 3.27. The lowest BCUT2D eigenvalue weighted by molar-refractivity contribution is 0.490. The molecule has 0 radical (unpaired) electrons. The van der Waals surface area contributed by atoms with Gasteiger partial charge in [0.05, 0.1) is 6.20 Å². The van der Waals surface area contributed by atoms with Gasteiger partial charge < -0.3 is 4.42 Å². The lowest BCUT2D eigenvalue weighted by atomic mass is 9.92. The van der Waals surface area contributed by atoms with Crippen molar-refractivity contribution >= 4 is 0 Å². The van der Waals surface area contributed by atoms with Gasteiger partial charge in [0.15, 0.2) is 6.39 Å². The van der Waals surface area contributed by atoms with Gasteiger partial charge in [-0.2, -0.15) is 0 Å². The van der Waals surface area contributed by atoms with Gasteiger partial charge in [0.2, 0.25) is 0 Å². The standard InChI is InChI=1S/C13H15NO/c1-9-5-4-6-12(10(9)2)11(3)13-7-14-8-15-13/h4-8,11H,1-3H3. The molecule has 0 aliphatic heterocycles. The molecule has 1 unspecified atom stereocenters. The SMILES string of the molecule is Cc1cccc(C(C)c2cnco2)c1C. The van der Waals surface area contributed by atoms with Crippen LogP contribution in [0, 0.1) is 13.8 Å². The summed E-state index contributed by atoms with van der Waals surface area (Å²) in [4.78, 5) is 3.95. The molecule has 15 heavy (non-hydrogen) atoms. The fraction of sp³-hybridized carbons (Fsp3) is 0.308. The first-order valence-corrected chi connectivity index (χ1v) is 5.14. The van der Waals surface area contributed by atoms with Crippen molar-refractivity contribution in [2.75, 3.05) is 0 Å². The Labute approximate surface area is 90.0 Å². The average Bonchev–Trinajstić information content (AvgIpc) is 2.74. The lowest BCUT2D eigenvalue weighted by Gasteiger charge is -2.13. The minimum atomic E-state index is 0.271. The Kier molecular flexibility index (Phi) is 2.58. The topological polar surface area (TPSA) is 26.0 Å². The van der Waals surface area contributed by atoms with Crippen LogP contribution >= 0.6 is 0 Å². The molecule has 0 aliphatic rings. The van der Waals surface area contributed by atoms with E-state index in [1.165, 1.54) is 23.1 Å². The van der Waals surface area contributed by atoms with Crippen LogP contribution in [0.2, 0.25) is 0 Å². The number of oxazole rings is 1. The van der Waals surface area contributed by atoms with Crippen LogP contribution < -0.4 is 0 Å². The van der Waals surface area contributed by atoms with E-state index < -0.39 is 0 Å². The van der Waals surface area contributed by atoms with E-state index in [2.05, 4.69) is 44.0 Å². The first-order valence-electron chi connectivity index (χ1n) is 5.14. The summed E-state index contributed by atoms with van der Waals surface area (Å²) in [6.45, 7) is 6.42. The van der Waals surface area contributed by atoms with Crippen LogP contribution in [0.5, 0.6) is 0 Å². The van der Waals surface area contributed by atoms with Gasteiger partial charge in [-0.3, -0.25) is 0 Å². The normalized spacial score (nSPS) is 12.7. The van der Waals surface area contributed by atoms with Crippen molar-refractivity contribution in [3.63, 3.8) is 0 Å². The van der Waals surface area contributed by atoms with Crippen LogP contribution in [-0.2, 0) is 0 Å². The Morgan fingerprint density at radius 2 is 2.07 bits per heavy atom. The Hall–Kier alpha value is -1.57. The van der Waals surface area contributed by atoms with E-state index in [9.17, 15) is 0 Å². The van der Waals surface area contributed by atoms with Crippen LogP contribution in [0.4, 0.5) is 0 Å². The number of aromatic nitrogens is 1. The number of benzene rings is 1. The summed E-state index contributed by atoms with van der Waals surface area (Å²) in [6, 6.07) is 6.37. The largest absolute Gasteiger partial charge is 0.448 e. The van der Waals surface area contributed by atoms with Crippen molar-refractivity contribution in [3.05, 3.63) is 53.2 Å². The molecule has 1 aromatic heterocycles. The summed E-state index contributed by atoms with van der Waals surface area (Å²) in [7, 11) is 0. The van der Waals surface area contributed by atoms with Gasteiger partial charge in [-0.05, 0) is 30.5 Å². The quantitative estimate of drug-likeness (QED) is 0.743. The smallest absolute Gasteiger partial charge is 0.180 e. The van der Waals surface area contributed by atoms with Crippen molar-refractivity contribution < 1.29 is 4.42 Å². The molecule has 0 saturated heterocycles. The molecular weight excluding hydrogens is 186 g/mol. The molecule has 0 aliphatic carbocycles. The van der Waals surface area contributed by atoms with Gasteiger partial charge in [0, 0.05) is 5.92 Å². The van der Waals surface area contributed by atoms with Gasteiger partial charge in [-0.15, -0.1) is 0 Å². The Morgan fingerprint density at radius 1 is 1.27 bits per heavy atom. The third-order valence-corrected chi connectivity index (χ3v) is 2.99. The molecule has 0 saturated carbocycles. The fourth-order valence-corrected chi connectivity index (χ4v) is 1.84. The zero-order valence-electron chi connectivity index (χ0n) is 9.32. The van der Waals surface area contributed by atoms with E-state index in [0.29, 0.717) is 0 Å². The number of hydrogen-bond acceptors (Lipinski definition) is 2. The highest BCUT2D eigenvalue weighted by Crippen LogP contribution is 2.27. The molecule has 0 fully saturated rings. The number of rotatable bonds is 2. The highest BCUT2D eigenvalue weighted by Gasteiger charge is 2.14. The molecule has 0 N–H and O–H groups in total. The van der Waals surface area contributed by atoms with Gasteiger partial charge >= 0.3 is 0 Å². The maximum Gasteiger partial charge on any atom is 0.180 e. The first-order chi connectivity index (χ1) is 7.20.